The van der Waals surface area contributed by atoms with Crippen LogP contribution in [-0.4, -0.2) is 219 Å². The number of primary amides is 1. The maximum atomic E-state index is 15.3. The van der Waals surface area contributed by atoms with Crippen LogP contribution < -0.4 is 118 Å². The summed E-state index contributed by atoms with van der Waals surface area (Å²) in [5.41, 5.74) is 35.3. The van der Waals surface area contributed by atoms with Crippen LogP contribution in [0.25, 0.3) is 0 Å². The van der Waals surface area contributed by atoms with Crippen LogP contribution in [0.5, 0.6) is 11.5 Å². The first-order chi connectivity index (χ1) is 56.2. The molecule has 0 spiro atoms. The molecule has 4 rings (SSSR count). The van der Waals surface area contributed by atoms with Gasteiger partial charge in [-0.15, -0.1) is 0 Å². The second kappa shape index (κ2) is 52.8. The van der Waals surface area contributed by atoms with E-state index in [1.54, 1.807) is 105 Å². The Morgan fingerprint density at radius 1 is 0.449 bits per heavy atom. The van der Waals surface area contributed by atoms with Crippen molar-refractivity contribution in [3.8, 4) is 11.5 Å². The van der Waals surface area contributed by atoms with Gasteiger partial charge in [-0.3, -0.25) is 79.2 Å². The number of rotatable bonds is 55. The average molecular weight is 1650 g/mol. The third-order valence-corrected chi connectivity index (χ3v) is 18.7. The highest BCUT2D eigenvalue weighted by Gasteiger charge is 2.41. The van der Waals surface area contributed by atoms with Gasteiger partial charge in [0.25, 0.3) is 0 Å². The molecule has 30 N–H and O–H groups in total. The summed E-state index contributed by atoms with van der Waals surface area (Å²) in [7, 11) is 0. The predicted molar refractivity (Wildman–Crippen MR) is 445 cm³/mol. The summed E-state index contributed by atoms with van der Waals surface area (Å²) in [5.74, 6) is -10.7. The maximum Gasteiger partial charge on any atom is 0.245 e. The van der Waals surface area contributed by atoms with E-state index in [1.165, 1.54) is 18.7 Å². The van der Waals surface area contributed by atoms with Gasteiger partial charge in [0, 0.05) is 58.9 Å². The van der Waals surface area contributed by atoms with E-state index < -0.39 is 155 Å². The number of ether oxygens (including phenoxy) is 2. The zero-order chi connectivity index (χ0) is 87.2. The lowest BCUT2D eigenvalue weighted by Crippen LogP contribution is -2.61. The molecule has 0 unspecified atom stereocenters. The number of carbonyl (C=O) groups is 12. The molecule has 0 radical (unpaired) electrons. The molecule has 12 amide bonds. The third-order valence-electron chi connectivity index (χ3n) is 18.7. The van der Waals surface area contributed by atoms with Crippen LogP contribution in [-0.2, 0) is 76.8 Å². The highest BCUT2D eigenvalue weighted by atomic mass is 16.5. The summed E-state index contributed by atoms with van der Waals surface area (Å²) in [4.78, 5) is 173. The molecule has 39 nitrogen and oxygen atoms in total. The lowest BCUT2D eigenvalue weighted by Gasteiger charge is -2.30. The number of benzene rings is 3. The van der Waals surface area contributed by atoms with E-state index in [1.807, 2.05) is 0 Å². The molecule has 39 heteroatoms. The molecule has 3 aromatic rings. The SMILES string of the molecule is C=CCOc1ccc(C[C@H](NC(=O)[C@H](Cc2cccc(OCC=C)c2)NC(=O)[C@H](Cc2ccccc2)NC(C)=O)C(=O)N[C@@H](CCCNC(=N)N)C(=O)N[C@@H](CC(C)C)C(=O)N[C@@H](CCCNC(=N)N)C(=O)N[C@@H](CCCNC(=N)N)C(=O)N[C@H](C)C(=O)N[C@@H](CCCNC(=N)N)C(=O)N2CCC[C@H]2C(=O)N[C@@H](CCCCN)C(N)=O)cc1. The van der Waals surface area contributed by atoms with E-state index in [0.29, 0.717) is 54.0 Å². The van der Waals surface area contributed by atoms with Gasteiger partial charge in [-0.25, -0.2) is 0 Å². The molecular formula is C79H123N25O14. The average Bonchev–Trinajstić information content (AvgIpc) is 1.76. The quantitative estimate of drug-likeness (QED) is 0.0120. The highest BCUT2D eigenvalue weighted by molar-refractivity contribution is 6.00. The molecule has 0 aliphatic carbocycles. The van der Waals surface area contributed by atoms with Crippen molar-refractivity contribution in [1.29, 1.82) is 21.6 Å². The van der Waals surface area contributed by atoms with Crippen LogP contribution in [0, 0.1) is 27.6 Å². The minimum Gasteiger partial charge on any atom is -0.490 e. The van der Waals surface area contributed by atoms with Crippen LogP contribution >= 0.6 is 0 Å². The van der Waals surface area contributed by atoms with E-state index in [4.69, 9.17) is 65.5 Å². The molecule has 1 heterocycles. The molecule has 1 aliphatic rings. The Kier molecular flexibility index (Phi) is 43.8. The minimum atomic E-state index is -1.53. The number of carbonyl (C=O) groups excluding carboxylic acids is 12. The normalized spacial score (nSPS) is 14.7. The van der Waals surface area contributed by atoms with E-state index in [0.717, 1.165) is 0 Å². The van der Waals surface area contributed by atoms with Gasteiger partial charge in [-0.1, -0.05) is 93.8 Å². The molecule has 1 saturated heterocycles. The van der Waals surface area contributed by atoms with Gasteiger partial charge < -0.3 is 123 Å². The van der Waals surface area contributed by atoms with Crippen molar-refractivity contribution < 1.29 is 67.0 Å². The van der Waals surface area contributed by atoms with Gasteiger partial charge in [0.1, 0.15) is 91.2 Å². The number of hydrogen-bond acceptors (Lipinski definition) is 19. The van der Waals surface area contributed by atoms with Gasteiger partial charge in [-0.05, 0) is 150 Å². The second-order valence-corrected chi connectivity index (χ2v) is 29.0. The van der Waals surface area contributed by atoms with Crippen molar-refractivity contribution in [2.75, 3.05) is 52.5 Å². The van der Waals surface area contributed by atoms with Crippen LogP contribution in [0.3, 0.4) is 0 Å². The molecule has 11 atom stereocenters. The molecule has 0 aromatic heterocycles. The molecule has 648 valence electrons. The molecule has 0 saturated carbocycles. The molecular weight excluding hydrogens is 1520 g/mol. The number of guanidine groups is 4. The largest absolute Gasteiger partial charge is 0.490 e. The number of nitrogens with zero attached hydrogens (tertiary/aromatic N) is 1. The predicted octanol–water partition coefficient (Wildman–Crippen LogP) is -2.56. The number of nitrogens with two attached hydrogens (primary N) is 6. The summed E-state index contributed by atoms with van der Waals surface area (Å²) >= 11 is 0. The first-order valence-corrected chi connectivity index (χ1v) is 39.5. The minimum absolute atomic E-state index is 0.0156. The Morgan fingerprint density at radius 2 is 0.847 bits per heavy atom. The zero-order valence-electron chi connectivity index (χ0n) is 67.8. The lowest BCUT2D eigenvalue weighted by molar-refractivity contribution is -0.142. The van der Waals surface area contributed by atoms with E-state index in [-0.39, 0.29) is 148 Å². The summed E-state index contributed by atoms with van der Waals surface area (Å²) in [6.45, 7) is 14.4. The van der Waals surface area contributed by atoms with Crippen molar-refractivity contribution >= 4 is 94.7 Å². The van der Waals surface area contributed by atoms with Gasteiger partial charge in [0.05, 0.1) is 0 Å². The first-order valence-electron chi connectivity index (χ1n) is 39.5. The van der Waals surface area contributed by atoms with Gasteiger partial charge in [-0.2, -0.15) is 0 Å². The number of nitrogens with one attached hydrogen (secondary N) is 18. The fourth-order valence-corrected chi connectivity index (χ4v) is 12.7. The Bertz CT molecular complexity index is 3870. The maximum absolute atomic E-state index is 15.3. The van der Waals surface area contributed by atoms with Crippen molar-refractivity contribution in [3.05, 3.63) is 121 Å². The fraction of sp³-hybridized carbons (Fsp3) is 0.519. The Hall–Kier alpha value is -12.6. The van der Waals surface area contributed by atoms with Crippen molar-refractivity contribution in [2.24, 2.45) is 40.3 Å². The van der Waals surface area contributed by atoms with Crippen LogP contribution in [0.15, 0.2) is 104 Å². The first kappa shape index (κ1) is 97.8. The van der Waals surface area contributed by atoms with Crippen LogP contribution in [0.1, 0.15) is 134 Å². The van der Waals surface area contributed by atoms with Gasteiger partial charge in [0.2, 0.25) is 70.9 Å². The highest BCUT2D eigenvalue weighted by Crippen LogP contribution is 2.22. The molecule has 0 bridgehead atoms. The van der Waals surface area contributed by atoms with Crippen LogP contribution in [0.4, 0.5) is 0 Å². The van der Waals surface area contributed by atoms with E-state index in [2.05, 4.69) is 87.6 Å². The van der Waals surface area contributed by atoms with Gasteiger partial charge >= 0.3 is 0 Å². The summed E-state index contributed by atoms with van der Waals surface area (Å²) < 4.78 is 11.5. The molecule has 1 fully saturated rings. The smallest absolute Gasteiger partial charge is 0.245 e. The summed E-state index contributed by atoms with van der Waals surface area (Å²) in [6.07, 6.45) is 4.40. The fourth-order valence-electron chi connectivity index (χ4n) is 12.7. The van der Waals surface area contributed by atoms with E-state index in [9.17, 15) is 38.4 Å². The summed E-state index contributed by atoms with van der Waals surface area (Å²) in [6, 6.07) is 7.26. The third kappa shape index (κ3) is 37.4. The number of amides is 12. The Balaban J connectivity index is 1.72. The van der Waals surface area contributed by atoms with Crippen molar-refractivity contribution in [2.45, 2.75) is 203 Å². The number of unbranched alkanes of at least 4 members (excludes halogenated alkanes) is 1. The van der Waals surface area contributed by atoms with Crippen molar-refractivity contribution in [1.82, 2.24) is 79.3 Å². The van der Waals surface area contributed by atoms with Crippen LogP contribution in [0.2, 0.25) is 0 Å². The monoisotopic (exact) mass is 1650 g/mol. The van der Waals surface area contributed by atoms with Gasteiger partial charge in [0.15, 0.2) is 23.8 Å². The summed E-state index contributed by atoms with van der Waals surface area (Å²) in [5, 5.41) is 68.8. The Morgan fingerprint density at radius 3 is 1.31 bits per heavy atom. The Labute approximate surface area is 688 Å². The lowest BCUT2D eigenvalue weighted by atomic mass is 9.99. The zero-order valence-corrected chi connectivity index (χ0v) is 67.8. The number of likely N-dealkylation sites (tertiary alicyclic amines) is 1. The number of hydrogen-bond donors (Lipinski definition) is 24. The van der Waals surface area contributed by atoms with Crippen molar-refractivity contribution in [3.63, 3.8) is 0 Å². The molecule has 3 aromatic carbocycles. The van der Waals surface area contributed by atoms with E-state index >= 15 is 19.2 Å². The second-order valence-electron chi connectivity index (χ2n) is 29.0. The molecule has 118 heavy (non-hydrogen) atoms. The standard InChI is InChI=1S/C79H123N25O14/c1-7-40-117-53-32-30-51(31-33-53)45-62(102-73(114)63(46-52-22-14-23-54(43-52)118-41-8-2)103-71(112)61(95-49(6)105)44-50-20-10-9-11-21-50)72(113)99-58(27-17-37-92-78(86)87)69(110)101-60(42-47(3)4)70(111)98-57(26-16-36-91-77(84)85)68(109)97-56(25-15-35-90-76(82)83)67(108)94-48(5)66(107)100-59(28-18-38-93-79(88)89)75(116)104-39-19-29-64(104)74(115)96-55(65(81)106)24-12-13-34-80/h7-11,14,20-23,30-33,43,47-48,55-64H,1-2,12-13,15-19,24-29,34-42,44-46,80H2,3-6H3,(H2,81,106)(H,94,108)(H,95,105)(H,96,115)(H,97,109)(H,98,111)(H,99,113)(H,100,107)(H,101,110)(H,102,114)(H,103,112)(H4,82,83,90)(H4,84,85,91)(H4,86,87,92)(H4,88,89,93)/t48-,55+,56+,57+,58+,59+,60+,61+,62+,63+,64+/m1/s1. The topological polar surface area (TPSA) is 646 Å². The molecule has 1 aliphatic heterocycles.